The number of carbonyl (C=O) groups excluding carboxylic acids is 1. The first kappa shape index (κ1) is 26.6. The van der Waals surface area contributed by atoms with Crippen LogP contribution in [0.4, 0.5) is 14.9 Å². The third-order valence-corrected chi connectivity index (χ3v) is 6.25. The first-order valence-corrected chi connectivity index (χ1v) is 12.1. The molecule has 0 saturated carbocycles. The molecule has 1 amide bonds. The molecule has 0 bridgehead atoms. The van der Waals surface area contributed by atoms with E-state index in [4.69, 9.17) is 21.1 Å². The average molecular weight is 531 g/mol. The van der Waals surface area contributed by atoms with Gasteiger partial charge in [-0.15, -0.1) is 0 Å². The molecule has 3 heterocycles. The van der Waals surface area contributed by atoms with Crippen molar-refractivity contribution < 1.29 is 28.6 Å². The highest BCUT2D eigenvalue weighted by atomic mass is 35.5. The van der Waals surface area contributed by atoms with E-state index in [1.165, 1.54) is 25.4 Å². The molecule has 0 radical (unpaired) electrons. The van der Waals surface area contributed by atoms with Crippen molar-refractivity contribution >= 4 is 40.3 Å². The SMILES string of the molecule is COCc1ncc2c(N3CCN(C(=O)OC(C)(C)C)CC3)c(Cl)c(-c3ccccc3F)nc2c1C(=O)O. The second-order valence-electron chi connectivity index (χ2n) is 9.64. The van der Waals surface area contributed by atoms with Crippen LogP contribution in [0.5, 0.6) is 0 Å². The number of carbonyl (C=O) groups is 2. The van der Waals surface area contributed by atoms with Crippen LogP contribution in [0.3, 0.4) is 0 Å². The number of hydrogen-bond donors (Lipinski definition) is 1. The molecule has 1 saturated heterocycles. The van der Waals surface area contributed by atoms with Crippen LogP contribution in [0, 0.1) is 5.82 Å². The maximum Gasteiger partial charge on any atom is 0.410 e. The van der Waals surface area contributed by atoms with Crippen LogP contribution in [0.1, 0.15) is 36.8 Å². The minimum Gasteiger partial charge on any atom is -0.478 e. The van der Waals surface area contributed by atoms with Crippen LogP contribution in [0.15, 0.2) is 30.5 Å². The standard InChI is InChI=1S/C26H28ClFN4O5/c1-26(2,3)37-25(35)32-11-9-31(10-12-32)23-16-13-29-18(14-36-4)19(24(33)34)21(16)30-22(20(23)27)15-7-5-6-8-17(15)28/h5-8,13H,9-12,14H2,1-4H3,(H,33,34). The Kier molecular flexibility index (Phi) is 7.52. The lowest BCUT2D eigenvalue weighted by molar-refractivity contribution is 0.0240. The molecule has 4 rings (SSSR count). The predicted molar refractivity (Wildman–Crippen MR) is 138 cm³/mol. The number of pyridine rings is 2. The number of amides is 1. The van der Waals surface area contributed by atoms with Gasteiger partial charge in [-0.3, -0.25) is 4.98 Å². The number of anilines is 1. The molecule has 1 N–H and O–H groups in total. The largest absolute Gasteiger partial charge is 0.478 e. The molecule has 0 spiro atoms. The summed E-state index contributed by atoms with van der Waals surface area (Å²) in [6.45, 7) is 6.85. The van der Waals surface area contributed by atoms with E-state index < -0.39 is 23.5 Å². The number of hydrogen-bond acceptors (Lipinski definition) is 7. The van der Waals surface area contributed by atoms with Gasteiger partial charge < -0.3 is 24.4 Å². The summed E-state index contributed by atoms with van der Waals surface area (Å²) in [6, 6.07) is 6.03. The van der Waals surface area contributed by atoms with Gasteiger partial charge in [-0.05, 0) is 32.9 Å². The molecule has 1 aliphatic heterocycles. The molecule has 0 aliphatic carbocycles. The Balaban J connectivity index is 1.85. The van der Waals surface area contributed by atoms with E-state index in [2.05, 4.69) is 9.97 Å². The number of fused-ring (bicyclic) bond motifs is 1. The number of halogens is 2. The Labute approximate surface area is 218 Å². The lowest BCUT2D eigenvalue weighted by atomic mass is 10.0. The summed E-state index contributed by atoms with van der Waals surface area (Å²) in [5, 5.41) is 10.6. The molecule has 1 aromatic carbocycles. The van der Waals surface area contributed by atoms with Crippen molar-refractivity contribution in [1.29, 1.82) is 0 Å². The van der Waals surface area contributed by atoms with Crippen molar-refractivity contribution in [3.8, 4) is 11.3 Å². The summed E-state index contributed by atoms with van der Waals surface area (Å²) in [5.74, 6) is -1.78. The summed E-state index contributed by atoms with van der Waals surface area (Å²) in [4.78, 5) is 37.3. The van der Waals surface area contributed by atoms with E-state index >= 15 is 0 Å². The molecule has 2 aromatic heterocycles. The minimum absolute atomic E-state index is 0.0409. The third-order valence-electron chi connectivity index (χ3n) is 5.90. The molecule has 9 nitrogen and oxygen atoms in total. The number of aromatic carboxylic acids is 1. The van der Waals surface area contributed by atoms with Gasteiger partial charge in [-0.25, -0.2) is 19.0 Å². The smallest absolute Gasteiger partial charge is 0.410 e. The Morgan fingerprint density at radius 1 is 1.16 bits per heavy atom. The highest BCUT2D eigenvalue weighted by Gasteiger charge is 2.30. The summed E-state index contributed by atoms with van der Waals surface area (Å²) in [5.41, 5.74) is 0.305. The number of carboxylic acid groups (broad SMARTS) is 1. The highest BCUT2D eigenvalue weighted by molar-refractivity contribution is 6.37. The normalized spacial score (nSPS) is 14.2. The quantitative estimate of drug-likeness (QED) is 0.492. The van der Waals surface area contributed by atoms with E-state index in [0.717, 1.165) is 0 Å². The van der Waals surface area contributed by atoms with Crippen molar-refractivity contribution in [2.75, 3.05) is 38.2 Å². The lowest BCUT2D eigenvalue weighted by Crippen LogP contribution is -2.50. The number of rotatable bonds is 5. The molecular formula is C26H28ClFN4O5. The molecule has 3 aromatic rings. The lowest BCUT2D eigenvalue weighted by Gasteiger charge is -2.37. The van der Waals surface area contributed by atoms with Crippen molar-refractivity contribution in [2.24, 2.45) is 0 Å². The number of carboxylic acids is 1. The van der Waals surface area contributed by atoms with E-state index in [9.17, 15) is 19.1 Å². The highest BCUT2D eigenvalue weighted by Crippen LogP contribution is 2.42. The molecular weight excluding hydrogens is 503 g/mol. The van der Waals surface area contributed by atoms with Crippen LogP contribution in [-0.2, 0) is 16.1 Å². The summed E-state index contributed by atoms with van der Waals surface area (Å²) < 4.78 is 25.5. The summed E-state index contributed by atoms with van der Waals surface area (Å²) >= 11 is 6.87. The molecule has 196 valence electrons. The average Bonchev–Trinajstić information content (AvgIpc) is 2.83. The van der Waals surface area contributed by atoms with Crippen LogP contribution in [-0.4, -0.2) is 70.9 Å². The molecule has 1 aliphatic rings. The van der Waals surface area contributed by atoms with Crippen molar-refractivity contribution in [3.63, 3.8) is 0 Å². The van der Waals surface area contributed by atoms with Gasteiger partial charge in [-0.2, -0.15) is 0 Å². The zero-order chi connectivity index (χ0) is 26.9. The summed E-state index contributed by atoms with van der Waals surface area (Å²) in [6.07, 6.45) is 1.10. The monoisotopic (exact) mass is 530 g/mol. The summed E-state index contributed by atoms with van der Waals surface area (Å²) in [7, 11) is 1.44. The van der Waals surface area contributed by atoms with Gasteiger partial charge in [0.15, 0.2) is 0 Å². The molecule has 37 heavy (non-hydrogen) atoms. The van der Waals surface area contributed by atoms with Crippen LogP contribution < -0.4 is 4.90 Å². The number of aromatic nitrogens is 2. The zero-order valence-corrected chi connectivity index (χ0v) is 21.8. The molecule has 0 unspecified atom stereocenters. The molecule has 11 heteroatoms. The van der Waals surface area contributed by atoms with Gasteiger partial charge in [0.2, 0.25) is 0 Å². The van der Waals surface area contributed by atoms with Crippen LogP contribution in [0.25, 0.3) is 22.2 Å². The maximum atomic E-state index is 14.8. The Hall–Kier alpha value is -3.50. The Bertz CT molecular complexity index is 1350. The maximum absolute atomic E-state index is 14.8. The second-order valence-corrected chi connectivity index (χ2v) is 10.0. The number of piperazine rings is 1. The van der Waals surface area contributed by atoms with Gasteiger partial charge >= 0.3 is 12.1 Å². The number of methoxy groups -OCH3 is 1. The minimum atomic E-state index is -1.24. The van der Waals surface area contributed by atoms with Gasteiger partial charge in [-0.1, -0.05) is 23.7 Å². The predicted octanol–water partition coefficient (Wildman–Crippen LogP) is 4.99. The van der Waals surface area contributed by atoms with Crippen molar-refractivity contribution in [1.82, 2.24) is 14.9 Å². The van der Waals surface area contributed by atoms with Crippen LogP contribution in [0.2, 0.25) is 5.02 Å². The fourth-order valence-corrected chi connectivity index (χ4v) is 4.64. The van der Waals surface area contributed by atoms with E-state index in [1.54, 1.807) is 37.8 Å². The Morgan fingerprint density at radius 3 is 2.43 bits per heavy atom. The molecule has 1 fully saturated rings. The van der Waals surface area contributed by atoms with Gasteiger partial charge in [0.1, 0.15) is 17.0 Å². The van der Waals surface area contributed by atoms with Gasteiger partial charge in [0, 0.05) is 50.4 Å². The molecule has 0 atom stereocenters. The van der Waals surface area contributed by atoms with Gasteiger partial charge in [0.05, 0.1) is 34.2 Å². The number of benzene rings is 1. The van der Waals surface area contributed by atoms with Crippen molar-refractivity contribution in [2.45, 2.75) is 33.0 Å². The third kappa shape index (κ3) is 5.45. The zero-order valence-electron chi connectivity index (χ0n) is 21.0. The topological polar surface area (TPSA) is 105 Å². The second kappa shape index (κ2) is 10.5. The number of ether oxygens (including phenoxy) is 2. The Morgan fingerprint density at radius 2 is 1.84 bits per heavy atom. The fourth-order valence-electron chi connectivity index (χ4n) is 4.27. The fraction of sp³-hybridized carbons (Fsp3) is 0.385. The van der Waals surface area contributed by atoms with E-state index in [0.29, 0.717) is 37.3 Å². The van der Waals surface area contributed by atoms with Crippen molar-refractivity contribution in [3.05, 3.63) is 52.6 Å². The first-order valence-electron chi connectivity index (χ1n) is 11.7. The van der Waals surface area contributed by atoms with E-state index in [-0.39, 0.29) is 39.7 Å². The van der Waals surface area contributed by atoms with Gasteiger partial charge in [0.25, 0.3) is 0 Å². The van der Waals surface area contributed by atoms with E-state index in [1.807, 2.05) is 4.90 Å². The van der Waals surface area contributed by atoms with Crippen LogP contribution >= 0.6 is 11.6 Å². The first-order chi connectivity index (χ1) is 17.5. The number of nitrogens with zero attached hydrogens (tertiary/aromatic N) is 4.